The van der Waals surface area contributed by atoms with E-state index in [9.17, 15) is 4.79 Å². The molecule has 3 rings (SSSR count). The molecule has 0 unspecified atom stereocenters. The fourth-order valence-electron chi connectivity index (χ4n) is 2.98. The van der Waals surface area contributed by atoms with E-state index in [4.69, 9.17) is 0 Å². The number of hydrogen-bond donors (Lipinski definition) is 1. The number of amides is 2. The van der Waals surface area contributed by atoms with Crippen LogP contribution in [-0.4, -0.2) is 40.8 Å². The number of carbonyl (C=O) groups excluding carboxylic acids is 1. The van der Waals surface area contributed by atoms with Crippen LogP contribution in [0.5, 0.6) is 0 Å². The zero-order valence-electron chi connectivity index (χ0n) is 10.9. The van der Waals surface area contributed by atoms with Crippen molar-refractivity contribution in [3.63, 3.8) is 0 Å². The maximum absolute atomic E-state index is 12.0. The summed E-state index contributed by atoms with van der Waals surface area (Å²) in [6.45, 7) is 1.75. The molecule has 2 atom stereocenters. The van der Waals surface area contributed by atoms with Crippen LogP contribution in [0.2, 0.25) is 0 Å². The molecule has 4 nitrogen and oxygen atoms in total. The highest BCUT2D eigenvalue weighted by molar-refractivity contribution is 8.00. The topological polar surface area (TPSA) is 45.2 Å². The molecule has 1 aliphatic heterocycles. The minimum absolute atomic E-state index is 0.145. The predicted molar refractivity (Wildman–Crippen MR) is 78.7 cm³/mol. The second-order valence-corrected chi connectivity index (χ2v) is 7.45. The Morgan fingerprint density at radius 1 is 1.58 bits per heavy atom. The van der Waals surface area contributed by atoms with Crippen molar-refractivity contribution in [3.8, 4) is 0 Å². The third-order valence-electron chi connectivity index (χ3n) is 3.90. The number of rotatable bonds is 5. The highest BCUT2D eigenvalue weighted by Crippen LogP contribution is 2.37. The molecule has 2 amide bonds. The summed E-state index contributed by atoms with van der Waals surface area (Å²) in [6, 6.07) is 0.668. The molecule has 1 saturated carbocycles. The molecule has 2 aliphatic rings. The summed E-state index contributed by atoms with van der Waals surface area (Å²) in [7, 11) is 0. The van der Waals surface area contributed by atoms with Gasteiger partial charge in [0.25, 0.3) is 0 Å². The summed E-state index contributed by atoms with van der Waals surface area (Å²) in [4.78, 5) is 18.3. The molecule has 1 saturated heterocycles. The number of nitrogens with zero attached hydrogens (tertiary/aromatic N) is 2. The molecule has 1 aromatic rings. The quantitative estimate of drug-likeness (QED) is 0.671. The van der Waals surface area contributed by atoms with Gasteiger partial charge in [0, 0.05) is 36.5 Å². The van der Waals surface area contributed by atoms with E-state index < -0.39 is 0 Å². The first-order valence-corrected chi connectivity index (χ1v) is 8.76. The van der Waals surface area contributed by atoms with Gasteiger partial charge in [0.1, 0.15) is 4.34 Å². The Morgan fingerprint density at radius 2 is 2.53 bits per heavy atom. The molecule has 6 heteroatoms. The van der Waals surface area contributed by atoms with Crippen molar-refractivity contribution < 1.29 is 4.79 Å². The minimum atomic E-state index is 0.145. The third kappa shape index (κ3) is 3.23. The molecule has 0 radical (unpaired) electrons. The van der Waals surface area contributed by atoms with Crippen LogP contribution in [-0.2, 0) is 0 Å². The molecule has 2 heterocycles. The molecule has 1 N–H and O–H groups in total. The molecule has 2 fully saturated rings. The van der Waals surface area contributed by atoms with Crippen molar-refractivity contribution in [2.24, 2.45) is 5.92 Å². The van der Waals surface area contributed by atoms with Gasteiger partial charge in [-0.3, -0.25) is 0 Å². The molecule has 1 aromatic heterocycles. The van der Waals surface area contributed by atoms with Gasteiger partial charge in [-0.25, -0.2) is 9.78 Å². The van der Waals surface area contributed by atoms with Gasteiger partial charge in [-0.1, -0.05) is 11.8 Å². The minimum Gasteiger partial charge on any atom is -0.338 e. The van der Waals surface area contributed by atoms with Gasteiger partial charge in [-0.15, -0.1) is 11.3 Å². The van der Waals surface area contributed by atoms with Crippen molar-refractivity contribution in [1.29, 1.82) is 0 Å². The van der Waals surface area contributed by atoms with Crippen LogP contribution < -0.4 is 5.32 Å². The molecular formula is C13H19N3OS2. The Bertz CT molecular complexity index is 424. The van der Waals surface area contributed by atoms with Crippen molar-refractivity contribution in [2.75, 3.05) is 18.8 Å². The largest absolute Gasteiger partial charge is 0.338 e. The number of urea groups is 1. The fourth-order valence-corrected chi connectivity index (χ4v) is 4.63. The summed E-state index contributed by atoms with van der Waals surface area (Å²) < 4.78 is 1.11. The van der Waals surface area contributed by atoms with Gasteiger partial charge in [0.15, 0.2) is 0 Å². The van der Waals surface area contributed by atoms with E-state index in [2.05, 4.69) is 10.3 Å². The lowest BCUT2D eigenvalue weighted by atomic mass is 10.1. The highest BCUT2D eigenvalue weighted by atomic mass is 32.2. The van der Waals surface area contributed by atoms with Crippen LogP contribution in [0.25, 0.3) is 0 Å². The van der Waals surface area contributed by atoms with E-state index in [0.29, 0.717) is 6.04 Å². The van der Waals surface area contributed by atoms with E-state index in [1.807, 2.05) is 16.5 Å². The zero-order valence-corrected chi connectivity index (χ0v) is 12.5. The van der Waals surface area contributed by atoms with Gasteiger partial charge in [0.2, 0.25) is 0 Å². The molecule has 19 heavy (non-hydrogen) atoms. The highest BCUT2D eigenvalue weighted by Gasteiger charge is 2.39. The molecule has 0 aromatic carbocycles. The lowest BCUT2D eigenvalue weighted by Gasteiger charge is -2.27. The van der Waals surface area contributed by atoms with Crippen LogP contribution in [0.1, 0.15) is 25.7 Å². The monoisotopic (exact) mass is 297 g/mol. The van der Waals surface area contributed by atoms with Gasteiger partial charge < -0.3 is 10.2 Å². The maximum atomic E-state index is 12.0. The van der Waals surface area contributed by atoms with Crippen LogP contribution >= 0.6 is 23.1 Å². The van der Waals surface area contributed by atoms with Gasteiger partial charge in [-0.05, 0) is 31.6 Å². The summed E-state index contributed by atoms with van der Waals surface area (Å²) in [5.74, 6) is 1.79. The first-order chi connectivity index (χ1) is 9.33. The SMILES string of the molecule is O=C(NCCCSc1nccs1)N1C[C@H]2CC[C@H]1C2. The number of hydrogen-bond acceptors (Lipinski definition) is 4. The summed E-state index contributed by atoms with van der Waals surface area (Å²) in [5.41, 5.74) is 0. The molecule has 0 spiro atoms. The maximum Gasteiger partial charge on any atom is 0.317 e. The van der Waals surface area contributed by atoms with E-state index in [1.54, 1.807) is 23.1 Å². The Kier molecular flexibility index (Phi) is 4.28. The Labute approximate surface area is 122 Å². The third-order valence-corrected chi connectivity index (χ3v) is 5.95. The van der Waals surface area contributed by atoms with Crippen LogP contribution in [0, 0.1) is 5.92 Å². The zero-order chi connectivity index (χ0) is 13.1. The number of thioether (sulfide) groups is 1. The number of aromatic nitrogens is 1. The average Bonchev–Trinajstić information content (AvgIpc) is 3.15. The predicted octanol–water partition coefficient (Wildman–Crippen LogP) is 2.82. The van der Waals surface area contributed by atoms with Gasteiger partial charge in [0.05, 0.1) is 0 Å². The van der Waals surface area contributed by atoms with Crippen molar-refractivity contribution in [1.82, 2.24) is 15.2 Å². The first-order valence-electron chi connectivity index (χ1n) is 6.89. The number of piperidine rings is 1. The van der Waals surface area contributed by atoms with Crippen LogP contribution in [0.15, 0.2) is 15.9 Å². The number of fused-ring (bicyclic) bond motifs is 2. The lowest BCUT2D eigenvalue weighted by Crippen LogP contribution is -2.44. The Hall–Kier alpha value is -0.750. The van der Waals surface area contributed by atoms with E-state index in [0.717, 1.165) is 35.5 Å². The Morgan fingerprint density at radius 3 is 3.21 bits per heavy atom. The average molecular weight is 297 g/mol. The first kappa shape index (κ1) is 13.2. The molecule has 1 aliphatic carbocycles. The standard InChI is InChI=1S/C13H19N3OS2/c17-12(16-9-10-2-3-11(16)8-10)14-4-1-6-18-13-15-5-7-19-13/h5,7,10-11H,1-4,6,8-9H2,(H,14,17)/t10-,11-/m0/s1. The van der Waals surface area contributed by atoms with Crippen molar-refractivity contribution in [2.45, 2.75) is 36.1 Å². The smallest absolute Gasteiger partial charge is 0.317 e. The second-order valence-electron chi connectivity index (χ2n) is 5.22. The van der Waals surface area contributed by atoms with E-state index in [1.165, 1.54) is 19.3 Å². The van der Waals surface area contributed by atoms with Crippen molar-refractivity contribution in [3.05, 3.63) is 11.6 Å². The molecule has 2 bridgehead atoms. The molecule has 104 valence electrons. The van der Waals surface area contributed by atoms with E-state index >= 15 is 0 Å². The van der Waals surface area contributed by atoms with Gasteiger partial charge in [-0.2, -0.15) is 0 Å². The number of carbonyl (C=O) groups is 1. The number of likely N-dealkylation sites (tertiary alicyclic amines) is 1. The van der Waals surface area contributed by atoms with Crippen LogP contribution in [0.3, 0.4) is 0 Å². The van der Waals surface area contributed by atoms with Crippen LogP contribution in [0.4, 0.5) is 4.79 Å². The summed E-state index contributed by atoms with van der Waals surface area (Å²) in [5, 5.41) is 5.04. The summed E-state index contributed by atoms with van der Waals surface area (Å²) in [6.07, 6.45) is 6.58. The number of nitrogens with one attached hydrogen (secondary N) is 1. The van der Waals surface area contributed by atoms with Gasteiger partial charge >= 0.3 is 6.03 Å². The number of thiazole rings is 1. The molecular weight excluding hydrogens is 278 g/mol. The van der Waals surface area contributed by atoms with E-state index in [-0.39, 0.29) is 6.03 Å². The summed E-state index contributed by atoms with van der Waals surface area (Å²) >= 11 is 3.44. The Balaban J connectivity index is 1.31. The fraction of sp³-hybridized carbons (Fsp3) is 0.692. The lowest BCUT2D eigenvalue weighted by molar-refractivity contribution is 0.181. The van der Waals surface area contributed by atoms with Crippen molar-refractivity contribution >= 4 is 29.1 Å². The second kappa shape index (κ2) is 6.13. The normalized spacial score (nSPS) is 24.9.